The van der Waals surface area contributed by atoms with Crippen molar-refractivity contribution in [3.8, 4) is 34.1 Å². The zero-order valence-electron chi connectivity index (χ0n) is 30.7. The van der Waals surface area contributed by atoms with Crippen LogP contribution in [-0.2, 0) is 24.4 Å². The summed E-state index contributed by atoms with van der Waals surface area (Å²) in [6.07, 6.45) is 2.00. The molecule has 2 fully saturated rings. The van der Waals surface area contributed by atoms with Crippen molar-refractivity contribution in [1.82, 2.24) is 0 Å². The molecular formula is C43H46O10. The van der Waals surface area contributed by atoms with Gasteiger partial charge in [-0.05, 0) is 108 Å². The van der Waals surface area contributed by atoms with E-state index in [1.807, 2.05) is 24.3 Å². The number of esters is 2. The Labute approximate surface area is 310 Å². The van der Waals surface area contributed by atoms with Gasteiger partial charge in [0, 0.05) is 16.2 Å². The van der Waals surface area contributed by atoms with Crippen LogP contribution in [0.1, 0.15) is 72.4 Å². The largest absolute Gasteiger partial charge is 0.468 e. The van der Waals surface area contributed by atoms with E-state index in [0.717, 1.165) is 61.5 Å². The molecule has 0 aromatic heterocycles. The predicted octanol–water partition coefficient (Wildman–Crippen LogP) is 7.99. The van der Waals surface area contributed by atoms with E-state index in [1.165, 1.54) is 0 Å². The fourth-order valence-corrected chi connectivity index (χ4v) is 6.83. The van der Waals surface area contributed by atoms with Gasteiger partial charge < -0.3 is 37.9 Å². The molecule has 0 unspecified atom stereocenters. The summed E-state index contributed by atoms with van der Waals surface area (Å²) < 4.78 is 45.1. The maximum absolute atomic E-state index is 13.1. The molecule has 7 rings (SSSR count). The fraction of sp³-hybridized carbons (Fsp3) is 0.395. The molecule has 0 atom stereocenters. The summed E-state index contributed by atoms with van der Waals surface area (Å²) >= 11 is 0. The molecular weight excluding hydrogens is 676 g/mol. The SMILES string of the molecule is CCC1(COCOc2ccc(C(=O)Oc3ccc4c(c3)C(C)(C)c3cc(OC(=O)c5ccc(OCOCC6(CC)COC6)cc5)ccc3-4)cc2)COC1. The van der Waals surface area contributed by atoms with Gasteiger partial charge in [0.1, 0.15) is 23.0 Å². The highest BCUT2D eigenvalue weighted by atomic mass is 16.7. The molecule has 1 aliphatic carbocycles. The van der Waals surface area contributed by atoms with Crippen LogP contribution >= 0.6 is 0 Å². The minimum atomic E-state index is -0.470. The number of carbonyl (C=O) groups excluding carboxylic acids is 2. The van der Waals surface area contributed by atoms with E-state index in [9.17, 15) is 9.59 Å². The van der Waals surface area contributed by atoms with Gasteiger partial charge in [-0.25, -0.2) is 9.59 Å². The molecule has 0 amide bonds. The van der Waals surface area contributed by atoms with Crippen molar-refractivity contribution in [2.45, 2.75) is 46.0 Å². The molecule has 0 N–H and O–H groups in total. The molecule has 53 heavy (non-hydrogen) atoms. The average molecular weight is 723 g/mol. The fourth-order valence-electron chi connectivity index (χ4n) is 6.83. The lowest BCUT2D eigenvalue weighted by atomic mass is 9.82. The number of hydrogen-bond donors (Lipinski definition) is 0. The first kappa shape index (κ1) is 36.6. The van der Waals surface area contributed by atoms with Crippen LogP contribution in [0.15, 0.2) is 84.9 Å². The van der Waals surface area contributed by atoms with Gasteiger partial charge in [0.15, 0.2) is 13.6 Å². The lowest BCUT2D eigenvalue weighted by Crippen LogP contribution is -2.45. The van der Waals surface area contributed by atoms with Gasteiger partial charge in [0.25, 0.3) is 0 Å². The lowest BCUT2D eigenvalue weighted by molar-refractivity contribution is -0.162. The maximum Gasteiger partial charge on any atom is 0.343 e. The number of benzene rings is 4. The smallest absolute Gasteiger partial charge is 0.343 e. The van der Waals surface area contributed by atoms with Crippen LogP contribution in [0.4, 0.5) is 0 Å². The number of carbonyl (C=O) groups is 2. The highest BCUT2D eigenvalue weighted by Gasteiger charge is 2.38. The van der Waals surface area contributed by atoms with Gasteiger partial charge >= 0.3 is 11.9 Å². The third-order valence-electron chi connectivity index (χ3n) is 10.8. The Hall–Kier alpha value is -4.74. The van der Waals surface area contributed by atoms with E-state index in [-0.39, 0.29) is 24.4 Å². The Balaban J connectivity index is 0.922. The van der Waals surface area contributed by atoms with Gasteiger partial charge in [0.05, 0.1) is 50.8 Å². The second-order valence-electron chi connectivity index (χ2n) is 14.8. The van der Waals surface area contributed by atoms with E-state index in [0.29, 0.717) is 47.3 Å². The summed E-state index contributed by atoms with van der Waals surface area (Å²) in [7, 11) is 0. The predicted molar refractivity (Wildman–Crippen MR) is 197 cm³/mol. The van der Waals surface area contributed by atoms with Crippen molar-refractivity contribution in [3.05, 3.63) is 107 Å². The number of fused-ring (bicyclic) bond motifs is 3. The van der Waals surface area contributed by atoms with Gasteiger partial charge in [-0.2, -0.15) is 0 Å². The topological polar surface area (TPSA) is 108 Å². The van der Waals surface area contributed by atoms with E-state index < -0.39 is 17.4 Å². The van der Waals surface area contributed by atoms with Gasteiger partial charge in [-0.3, -0.25) is 0 Å². The number of hydrogen-bond acceptors (Lipinski definition) is 10. The normalized spacial score (nSPS) is 17.1. The van der Waals surface area contributed by atoms with Crippen LogP contribution in [0.25, 0.3) is 11.1 Å². The molecule has 2 heterocycles. The molecule has 278 valence electrons. The third-order valence-corrected chi connectivity index (χ3v) is 10.8. The van der Waals surface area contributed by atoms with E-state index >= 15 is 0 Å². The molecule has 4 aromatic carbocycles. The minimum absolute atomic E-state index is 0.0933. The van der Waals surface area contributed by atoms with Crippen LogP contribution in [0, 0.1) is 10.8 Å². The maximum atomic E-state index is 13.1. The molecule has 4 aromatic rings. The van der Waals surface area contributed by atoms with Gasteiger partial charge in [0.2, 0.25) is 0 Å². The zero-order valence-corrected chi connectivity index (χ0v) is 30.7. The second kappa shape index (κ2) is 15.3. The van der Waals surface area contributed by atoms with Gasteiger partial charge in [-0.15, -0.1) is 0 Å². The first-order valence-corrected chi connectivity index (χ1v) is 18.1. The van der Waals surface area contributed by atoms with Crippen LogP contribution in [0.5, 0.6) is 23.0 Å². The Kier molecular flexibility index (Phi) is 10.6. The quantitative estimate of drug-likeness (QED) is 0.0489. The molecule has 2 aliphatic heterocycles. The zero-order chi connectivity index (χ0) is 37.1. The van der Waals surface area contributed by atoms with Crippen molar-refractivity contribution in [1.29, 1.82) is 0 Å². The summed E-state index contributed by atoms with van der Waals surface area (Å²) in [5.41, 5.74) is 4.64. The summed E-state index contributed by atoms with van der Waals surface area (Å²) in [6, 6.07) is 24.9. The summed E-state index contributed by atoms with van der Waals surface area (Å²) in [6.45, 7) is 12.8. The monoisotopic (exact) mass is 722 g/mol. The first-order chi connectivity index (χ1) is 25.6. The summed E-state index contributed by atoms with van der Waals surface area (Å²) in [5.74, 6) is 1.14. The molecule has 10 nitrogen and oxygen atoms in total. The Morgan fingerprint density at radius 1 is 0.566 bits per heavy atom. The Bertz CT molecular complexity index is 1770. The number of ether oxygens (including phenoxy) is 8. The molecule has 0 radical (unpaired) electrons. The van der Waals surface area contributed by atoms with Crippen molar-refractivity contribution in [2.24, 2.45) is 10.8 Å². The third kappa shape index (κ3) is 7.82. The van der Waals surface area contributed by atoms with Crippen molar-refractivity contribution in [3.63, 3.8) is 0 Å². The highest BCUT2D eigenvalue weighted by molar-refractivity contribution is 5.92. The number of rotatable bonds is 16. The van der Waals surface area contributed by atoms with Gasteiger partial charge in [-0.1, -0.05) is 39.8 Å². The van der Waals surface area contributed by atoms with Crippen LogP contribution in [0.2, 0.25) is 0 Å². The second-order valence-corrected chi connectivity index (χ2v) is 14.8. The first-order valence-electron chi connectivity index (χ1n) is 18.1. The van der Waals surface area contributed by atoms with E-state index in [1.54, 1.807) is 60.7 Å². The minimum Gasteiger partial charge on any atom is -0.468 e. The van der Waals surface area contributed by atoms with Crippen LogP contribution < -0.4 is 18.9 Å². The van der Waals surface area contributed by atoms with E-state index in [2.05, 4.69) is 27.7 Å². The molecule has 2 saturated heterocycles. The molecule has 0 saturated carbocycles. The highest BCUT2D eigenvalue weighted by Crippen LogP contribution is 2.50. The molecule has 3 aliphatic rings. The molecule has 0 spiro atoms. The molecule has 10 heteroatoms. The van der Waals surface area contributed by atoms with Crippen LogP contribution in [-0.4, -0.2) is 65.2 Å². The Morgan fingerprint density at radius 3 is 1.28 bits per heavy atom. The van der Waals surface area contributed by atoms with Crippen molar-refractivity contribution >= 4 is 11.9 Å². The summed E-state index contributed by atoms with van der Waals surface area (Å²) in [5, 5.41) is 0. The van der Waals surface area contributed by atoms with E-state index in [4.69, 9.17) is 37.9 Å². The summed E-state index contributed by atoms with van der Waals surface area (Å²) in [4.78, 5) is 26.2. The lowest BCUT2D eigenvalue weighted by Gasteiger charge is -2.40. The van der Waals surface area contributed by atoms with Crippen LogP contribution in [0.3, 0.4) is 0 Å². The average Bonchev–Trinajstić information content (AvgIpc) is 3.35. The standard InChI is InChI=1S/C43H46O10/c1-5-42(21-46-22-42)25-48-27-50-31-11-7-29(8-12-31)39(44)52-33-15-17-35-36-18-16-34(20-38(36)41(3,4)37(35)19-33)53-40(45)30-9-13-32(14-10-30)51-28-49-26-43(6-2)23-47-24-43/h7-20H,5-6,21-28H2,1-4H3. The van der Waals surface area contributed by atoms with Crippen molar-refractivity contribution in [2.75, 3.05) is 53.2 Å². The Morgan fingerprint density at radius 2 is 0.943 bits per heavy atom. The molecule has 0 bridgehead atoms. The van der Waals surface area contributed by atoms with Crippen molar-refractivity contribution < 1.29 is 47.5 Å².